The van der Waals surface area contributed by atoms with Crippen molar-refractivity contribution in [2.75, 3.05) is 5.73 Å². The molecular weight excluding hydrogens is 240 g/mol. The number of nitrogens with two attached hydrogens (primary N) is 1. The van der Waals surface area contributed by atoms with E-state index in [-0.39, 0.29) is 5.41 Å². The number of hydrogen-bond acceptors (Lipinski definition) is 4. The Morgan fingerprint density at radius 1 is 1.32 bits per heavy atom. The molecule has 6 nitrogen and oxygen atoms in total. The van der Waals surface area contributed by atoms with Crippen molar-refractivity contribution >= 4 is 5.82 Å². The molecule has 0 spiro atoms. The number of hydrogen-bond donors (Lipinski definition) is 1. The van der Waals surface area contributed by atoms with Crippen LogP contribution in [-0.2, 0) is 12.0 Å². The topological polar surface area (TPSA) is 74.5 Å². The molecular formula is C13H22N6. The molecule has 0 aliphatic carbocycles. The van der Waals surface area contributed by atoms with Gasteiger partial charge in [-0.3, -0.25) is 0 Å². The molecule has 0 saturated carbocycles. The highest BCUT2D eigenvalue weighted by Gasteiger charge is 2.24. The minimum Gasteiger partial charge on any atom is -0.381 e. The van der Waals surface area contributed by atoms with E-state index in [1.165, 1.54) is 0 Å². The van der Waals surface area contributed by atoms with Gasteiger partial charge in [-0.2, -0.15) is 0 Å². The summed E-state index contributed by atoms with van der Waals surface area (Å²) in [6.45, 7) is 11.2. The van der Waals surface area contributed by atoms with E-state index in [9.17, 15) is 0 Å². The fourth-order valence-corrected chi connectivity index (χ4v) is 2.28. The van der Waals surface area contributed by atoms with Gasteiger partial charge in [0.2, 0.25) is 0 Å². The number of aromatic nitrogens is 5. The molecule has 0 unspecified atom stereocenters. The van der Waals surface area contributed by atoms with Crippen LogP contribution < -0.4 is 5.73 Å². The van der Waals surface area contributed by atoms with Crippen molar-refractivity contribution in [3.63, 3.8) is 0 Å². The third kappa shape index (κ3) is 2.62. The summed E-state index contributed by atoms with van der Waals surface area (Å²) in [5.41, 5.74) is 7.91. The van der Waals surface area contributed by atoms with Gasteiger partial charge in [-0.15, -0.1) is 5.10 Å². The van der Waals surface area contributed by atoms with Crippen molar-refractivity contribution in [2.45, 2.75) is 52.6 Å². The molecule has 6 heteroatoms. The molecule has 0 radical (unpaired) electrons. The van der Waals surface area contributed by atoms with Crippen LogP contribution in [0.3, 0.4) is 0 Å². The minimum absolute atomic E-state index is 0.0870. The average Bonchev–Trinajstić information content (AvgIpc) is 2.84. The Morgan fingerprint density at radius 3 is 2.58 bits per heavy atom. The maximum Gasteiger partial charge on any atom is 0.169 e. The second-order valence-electron chi connectivity index (χ2n) is 6.12. The first-order valence-corrected chi connectivity index (χ1v) is 6.51. The Bertz CT molecular complexity index is 558. The van der Waals surface area contributed by atoms with Gasteiger partial charge in [0.1, 0.15) is 0 Å². The van der Waals surface area contributed by atoms with Gasteiger partial charge in [-0.05, 0) is 13.8 Å². The van der Waals surface area contributed by atoms with Gasteiger partial charge in [0.25, 0.3) is 0 Å². The van der Waals surface area contributed by atoms with Crippen molar-refractivity contribution in [3.8, 4) is 0 Å². The van der Waals surface area contributed by atoms with Crippen molar-refractivity contribution in [1.82, 2.24) is 24.5 Å². The van der Waals surface area contributed by atoms with Crippen LogP contribution in [0.5, 0.6) is 0 Å². The summed E-state index contributed by atoms with van der Waals surface area (Å²) in [5, 5.41) is 8.16. The summed E-state index contributed by atoms with van der Waals surface area (Å²) < 4.78 is 4.00. The molecule has 2 aromatic rings. The molecule has 2 N–H and O–H groups in total. The predicted octanol–water partition coefficient (Wildman–Crippen LogP) is 1.98. The maximum atomic E-state index is 5.94. The minimum atomic E-state index is -0.0870. The smallest absolute Gasteiger partial charge is 0.169 e. The van der Waals surface area contributed by atoms with E-state index >= 15 is 0 Å². The zero-order valence-corrected chi connectivity index (χ0v) is 12.3. The van der Waals surface area contributed by atoms with E-state index in [1.54, 1.807) is 0 Å². The van der Waals surface area contributed by atoms with Crippen LogP contribution in [0.2, 0.25) is 0 Å². The van der Waals surface area contributed by atoms with E-state index in [0.29, 0.717) is 18.4 Å². The largest absolute Gasteiger partial charge is 0.381 e. The van der Waals surface area contributed by atoms with Crippen LogP contribution in [0.4, 0.5) is 5.82 Å². The number of nitrogen functional groups attached to an aromatic ring is 1. The third-order valence-electron chi connectivity index (χ3n) is 3.09. The lowest BCUT2D eigenvalue weighted by molar-refractivity contribution is 0.483. The molecule has 2 aromatic heterocycles. The molecule has 0 aromatic carbocycles. The van der Waals surface area contributed by atoms with Crippen molar-refractivity contribution < 1.29 is 0 Å². The van der Waals surface area contributed by atoms with E-state index in [4.69, 9.17) is 5.73 Å². The third-order valence-corrected chi connectivity index (χ3v) is 3.09. The van der Waals surface area contributed by atoms with Crippen molar-refractivity contribution in [1.29, 1.82) is 0 Å². The summed E-state index contributed by atoms with van der Waals surface area (Å²) in [6.07, 6.45) is 3.71. The summed E-state index contributed by atoms with van der Waals surface area (Å²) in [7, 11) is 0. The van der Waals surface area contributed by atoms with E-state index in [0.717, 1.165) is 11.4 Å². The van der Waals surface area contributed by atoms with Crippen molar-refractivity contribution in [3.05, 3.63) is 23.9 Å². The number of rotatable bonds is 3. The van der Waals surface area contributed by atoms with E-state index < -0.39 is 0 Å². The SMILES string of the molecule is CC(C)n1cncc1Cn1nnc(N)c1C(C)(C)C. The van der Waals surface area contributed by atoms with Crippen LogP contribution in [0.1, 0.15) is 52.0 Å². The number of nitrogens with zero attached hydrogens (tertiary/aromatic N) is 5. The molecule has 0 aliphatic rings. The van der Waals surface area contributed by atoms with E-state index in [2.05, 4.69) is 54.5 Å². The fourth-order valence-electron chi connectivity index (χ4n) is 2.28. The number of imidazole rings is 1. The molecule has 0 atom stereocenters. The average molecular weight is 262 g/mol. The molecule has 104 valence electrons. The molecule has 0 amide bonds. The van der Waals surface area contributed by atoms with Crippen LogP contribution in [-0.4, -0.2) is 24.5 Å². The van der Waals surface area contributed by atoms with Gasteiger partial charge < -0.3 is 10.3 Å². The first-order chi connectivity index (χ1) is 8.80. The lowest BCUT2D eigenvalue weighted by Crippen LogP contribution is -2.21. The van der Waals surface area contributed by atoms with Crippen LogP contribution in [0.25, 0.3) is 0 Å². The van der Waals surface area contributed by atoms with E-state index in [1.807, 2.05) is 17.2 Å². The molecule has 19 heavy (non-hydrogen) atoms. The normalized spacial score (nSPS) is 12.3. The highest BCUT2D eigenvalue weighted by atomic mass is 15.4. The fraction of sp³-hybridized carbons (Fsp3) is 0.615. The second kappa shape index (κ2) is 4.68. The zero-order chi connectivity index (χ0) is 14.2. The van der Waals surface area contributed by atoms with Gasteiger partial charge in [-0.25, -0.2) is 9.67 Å². The lowest BCUT2D eigenvalue weighted by atomic mass is 9.92. The highest BCUT2D eigenvalue weighted by molar-refractivity contribution is 5.38. The zero-order valence-electron chi connectivity index (χ0n) is 12.3. The Balaban J connectivity index is 2.37. The van der Waals surface area contributed by atoms with Gasteiger partial charge >= 0.3 is 0 Å². The first-order valence-electron chi connectivity index (χ1n) is 6.51. The lowest BCUT2D eigenvalue weighted by Gasteiger charge is -2.20. The molecule has 0 fully saturated rings. The quantitative estimate of drug-likeness (QED) is 0.917. The van der Waals surface area contributed by atoms with Gasteiger partial charge in [0, 0.05) is 11.5 Å². The Morgan fingerprint density at radius 2 is 2.00 bits per heavy atom. The molecule has 0 aliphatic heterocycles. The second-order valence-corrected chi connectivity index (χ2v) is 6.12. The molecule has 2 heterocycles. The van der Waals surface area contributed by atoms with Gasteiger partial charge in [-0.1, -0.05) is 26.0 Å². The monoisotopic (exact) mass is 262 g/mol. The van der Waals surface area contributed by atoms with Crippen LogP contribution in [0.15, 0.2) is 12.5 Å². The first kappa shape index (κ1) is 13.6. The maximum absolute atomic E-state index is 5.94. The Hall–Kier alpha value is -1.85. The number of anilines is 1. The van der Waals surface area contributed by atoms with Gasteiger partial charge in [0.05, 0.1) is 30.5 Å². The summed E-state index contributed by atoms with van der Waals surface area (Å²) in [6, 6.07) is 0.372. The molecule has 0 saturated heterocycles. The highest BCUT2D eigenvalue weighted by Crippen LogP contribution is 2.26. The Kier molecular flexibility index (Phi) is 3.34. The predicted molar refractivity (Wildman–Crippen MR) is 74.8 cm³/mol. The van der Waals surface area contributed by atoms with Crippen LogP contribution in [0, 0.1) is 0 Å². The summed E-state index contributed by atoms with van der Waals surface area (Å²) >= 11 is 0. The van der Waals surface area contributed by atoms with Crippen molar-refractivity contribution in [2.24, 2.45) is 0 Å². The molecule has 2 rings (SSSR count). The molecule has 0 bridgehead atoms. The van der Waals surface area contributed by atoms with Gasteiger partial charge in [0.15, 0.2) is 5.82 Å². The summed E-state index contributed by atoms with van der Waals surface area (Å²) in [4.78, 5) is 4.21. The standard InChI is InChI=1S/C13H22N6/c1-9(2)18-8-15-6-10(18)7-19-11(13(3,4)5)12(14)16-17-19/h6,8-9H,7,14H2,1-5H3. The Labute approximate surface area is 113 Å². The van der Waals surface area contributed by atoms with Crippen LogP contribution >= 0.6 is 0 Å². The summed E-state index contributed by atoms with van der Waals surface area (Å²) in [5.74, 6) is 0.503.